The molecule has 1 aromatic carbocycles. The molecule has 0 spiro atoms. The van der Waals surface area contributed by atoms with E-state index in [0.717, 1.165) is 5.56 Å². The van der Waals surface area contributed by atoms with Crippen LogP contribution in [0.2, 0.25) is 0 Å². The van der Waals surface area contributed by atoms with Crippen molar-refractivity contribution < 1.29 is 9.18 Å². The van der Waals surface area contributed by atoms with Crippen molar-refractivity contribution in [3.05, 3.63) is 77.8 Å². The van der Waals surface area contributed by atoms with Crippen LogP contribution in [-0.4, -0.2) is 42.3 Å². The molecule has 4 aromatic rings. The smallest absolute Gasteiger partial charge is 0.237 e. The Morgan fingerprint density at radius 3 is 2.79 bits per heavy atom. The number of imidazole rings is 1. The van der Waals surface area contributed by atoms with Gasteiger partial charge in [0.25, 0.3) is 0 Å². The largest absolute Gasteiger partial charge is 0.383 e. The van der Waals surface area contributed by atoms with Gasteiger partial charge in [-0.2, -0.15) is 0 Å². The van der Waals surface area contributed by atoms with E-state index in [2.05, 4.69) is 20.3 Å². The average Bonchev–Trinajstić information content (AvgIpc) is 3.37. The first-order chi connectivity index (χ1) is 15.9. The Hall–Kier alpha value is -4.38. The summed E-state index contributed by atoms with van der Waals surface area (Å²) < 4.78 is 15.1. The minimum absolute atomic E-state index is 0.176. The number of amides is 1. The number of nitrogens with two attached hydrogens (primary N) is 2. The molecule has 5 N–H and O–H groups in total. The highest BCUT2D eigenvalue weighted by Gasteiger charge is 2.33. The van der Waals surface area contributed by atoms with Crippen LogP contribution in [0.5, 0.6) is 0 Å². The van der Waals surface area contributed by atoms with Gasteiger partial charge in [0.05, 0.1) is 17.2 Å². The summed E-state index contributed by atoms with van der Waals surface area (Å²) in [4.78, 5) is 30.5. The summed E-state index contributed by atoms with van der Waals surface area (Å²) in [6.07, 6.45) is 8.84. The van der Waals surface area contributed by atoms with E-state index in [4.69, 9.17) is 16.6 Å². The second-order valence-electron chi connectivity index (χ2n) is 7.70. The number of hydrogen-bond donors (Lipinski definition) is 3. The fourth-order valence-corrected chi connectivity index (χ4v) is 3.75. The molecule has 0 radical (unpaired) electrons. The summed E-state index contributed by atoms with van der Waals surface area (Å²) in [7, 11) is 1.65. The molecule has 33 heavy (non-hydrogen) atoms. The highest BCUT2D eigenvalue weighted by atomic mass is 19.1. The number of carbonyl (C=O) groups excluding carboxylic acids is 1. The van der Waals surface area contributed by atoms with Crippen LogP contribution in [0.1, 0.15) is 22.7 Å². The average molecular weight is 445 g/mol. The lowest BCUT2D eigenvalue weighted by molar-refractivity contribution is -0.116. The van der Waals surface area contributed by atoms with E-state index < -0.39 is 5.92 Å². The molecule has 1 atom stereocenters. The third-order valence-corrected chi connectivity index (χ3v) is 5.28. The van der Waals surface area contributed by atoms with Crippen LogP contribution < -0.4 is 16.9 Å². The Balaban J connectivity index is 1.56. The van der Waals surface area contributed by atoms with Crippen LogP contribution in [0, 0.1) is 5.82 Å². The van der Waals surface area contributed by atoms with Crippen LogP contribution in [0.4, 0.5) is 16.0 Å². The van der Waals surface area contributed by atoms with Gasteiger partial charge in [-0.05, 0) is 17.7 Å². The minimum Gasteiger partial charge on any atom is -0.383 e. The maximum absolute atomic E-state index is 13.3. The first-order valence-electron chi connectivity index (χ1n) is 10.1. The molecule has 4 heterocycles. The monoisotopic (exact) mass is 445 g/mol. The van der Waals surface area contributed by atoms with Crippen molar-refractivity contribution in [3.8, 4) is 11.5 Å². The molecule has 1 unspecified atom stereocenters. The number of halogens is 1. The SMILES string of the molecule is CN(N)/C=C/C1C(=O)Nc2nc(-c3cn4ccnc4c(Cc4ccc(F)cc4)n3)nc(N)c21. The highest BCUT2D eigenvalue weighted by Crippen LogP contribution is 2.37. The molecule has 0 aliphatic carbocycles. The van der Waals surface area contributed by atoms with Gasteiger partial charge in [0.2, 0.25) is 5.91 Å². The Labute approximate surface area is 187 Å². The summed E-state index contributed by atoms with van der Waals surface area (Å²) in [6, 6.07) is 6.22. The van der Waals surface area contributed by atoms with E-state index in [-0.39, 0.29) is 23.4 Å². The number of benzene rings is 1. The molecule has 1 aliphatic heterocycles. The second-order valence-corrected chi connectivity index (χ2v) is 7.70. The van der Waals surface area contributed by atoms with Crippen molar-refractivity contribution in [2.45, 2.75) is 12.3 Å². The van der Waals surface area contributed by atoms with E-state index in [1.807, 2.05) is 4.40 Å². The van der Waals surface area contributed by atoms with E-state index in [9.17, 15) is 9.18 Å². The summed E-state index contributed by atoms with van der Waals surface area (Å²) in [5.41, 5.74) is 9.41. The van der Waals surface area contributed by atoms with Gasteiger partial charge in [0.1, 0.15) is 23.1 Å². The first-order valence-corrected chi connectivity index (χ1v) is 10.1. The molecule has 0 saturated heterocycles. The maximum atomic E-state index is 13.3. The van der Waals surface area contributed by atoms with Crippen LogP contribution in [0.25, 0.3) is 17.2 Å². The zero-order chi connectivity index (χ0) is 23.1. The Morgan fingerprint density at radius 1 is 1.24 bits per heavy atom. The van der Waals surface area contributed by atoms with Crippen molar-refractivity contribution in [1.82, 2.24) is 29.3 Å². The minimum atomic E-state index is -0.641. The second kappa shape index (κ2) is 7.95. The number of carbonyl (C=O) groups is 1. The number of nitrogen functional groups attached to an aromatic ring is 1. The number of hydrazine groups is 1. The zero-order valence-corrected chi connectivity index (χ0v) is 17.6. The predicted molar refractivity (Wildman–Crippen MR) is 120 cm³/mol. The number of nitrogens with zero attached hydrogens (tertiary/aromatic N) is 6. The summed E-state index contributed by atoms with van der Waals surface area (Å²) >= 11 is 0. The van der Waals surface area contributed by atoms with Crippen molar-refractivity contribution >= 4 is 23.2 Å². The lowest BCUT2D eigenvalue weighted by atomic mass is 10.0. The number of aromatic nitrogens is 5. The van der Waals surface area contributed by atoms with Crippen LogP contribution in [-0.2, 0) is 11.2 Å². The van der Waals surface area contributed by atoms with Crippen LogP contribution in [0.3, 0.4) is 0 Å². The van der Waals surface area contributed by atoms with Crippen molar-refractivity contribution in [2.75, 3.05) is 18.1 Å². The van der Waals surface area contributed by atoms with E-state index >= 15 is 0 Å². The number of nitrogens with one attached hydrogen (secondary N) is 1. The fraction of sp³-hybridized carbons (Fsp3) is 0.136. The lowest BCUT2D eigenvalue weighted by Gasteiger charge is -2.11. The van der Waals surface area contributed by atoms with Gasteiger partial charge < -0.3 is 20.5 Å². The molecule has 0 saturated carbocycles. The Morgan fingerprint density at radius 2 is 2.03 bits per heavy atom. The predicted octanol–water partition coefficient (Wildman–Crippen LogP) is 1.85. The standard InChI is InChI=1S/C22H20FN9O/c1-31(25)8-6-14-17-18(24)28-19(29-20(17)30-22(14)33)16-11-32-9-7-26-21(32)15(27-16)10-12-2-4-13(23)5-3-12/h2-9,11,14H,10,25H2,1H3,(H3,24,28,29,30,33)/b8-6+. The van der Waals surface area contributed by atoms with E-state index in [1.165, 1.54) is 17.1 Å². The summed E-state index contributed by atoms with van der Waals surface area (Å²) in [5, 5.41) is 4.09. The molecular formula is C22H20FN9O. The molecule has 5 rings (SSSR count). The molecule has 1 aliphatic rings. The maximum Gasteiger partial charge on any atom is 0.237 e. The van der Waals surface area contributed by atoms with Crippen molar-refractivity contribution in [1.29, 1.82) is 0 Å². The molecule has 10 nitrogen and oxygen atoms in total. The number of anilines is 2. The third-order valence-electron chi connectivity index (χ3n) is 5.28. The zero-order valence-electron chi connectivity index (χ0n) is 17.6. The van der Waals surface area contributed by atoms with Gasteiger partial charge in [-0.15, -0.1) is 0 Å². The van der Waals surface area contributed by atoms with Crippen molar-refractivity contribution in [3.63, 3.8) is 0 Å². The molecule has 1 amide bonds. The Bertz CT molecular complexity index is 1400. The summed E-state index contributed by atoms with van der Waals surface area (Å²) in [6.45, 7) is 0. The van der Waals surface area contributed by atoms with Gasteiger partial charge in [-0.1, -0.05) is 18.2 Å². The van der Waals surface area contributed by atoms with Gasteiger partial charge in [0.15, 0.2) is 11.5 Å². The van der Waals surface area contributed by atoms with Crippen LogP contribution in [0.15, 0.2) is 55.1 Å². The van der Waals surface area contributed by atoms with Crippen LogP contribution >= 0.6 is 0 Å². The number of fused-ring (bicyclic) bond motifs is 2. The first kappa shape index (κ1) is 20.5. The Kier molecular flexibility index (Phi) is 4.94. The third kappa shape index (κ3) is 3.85. The highest BCUT2D eigenvalue weighted by molar-refractivity contribution is 6.04. The number of hydrogen-bond acceptors (Lipinski definition) is 8. The quantitative estimate of drug-likeness (QED) is 0.312. The van der Waals surface area contributed by atoms with E-state index in [0.29, 0.717) is 34.8 Å². The van der Waals surface area contributed by atoms with Gasteiger partial charge in [-0.3, -0.25) is 4.79 Å². The van der Waals surface area contributed by atoms with Gasteiger partial charge in [-0.25, -0.2) is 30.2 Å². The molecular weight excluding hydrogens is 425 g/mol. The molecule has 0 fully saturated rings. The number of rotatable bonds is 5. The molecule has 0 bridgehead atoms. The van der Waals surface area contributed by atoms with E-state index in [1.54, 1.807) is 50.0 Å². The van der Waals surface area contributed by atoms with Crippen molar-refractivity contribution in [2.24, 2.45) is 5.84 Å². The van der Waals surface area contributed by atoms with Gasteiger partial charge in [0, 0.05) is 38.3 Å². The molecule has 11 heteroatoms. The fourth-order valence-electron chi connectivity index (χ4n) is 3.75. The lowest BCUT2D eigenvalue weighted by Crippen LogP contribution is -2.19. The van der Waals surface area contributed by atoms with Gasteiger partial charge >= 0.3 is 0 Å². The summed E-state index contributed by atoms with van der Waals surface area (Å²) in [5.74, 6) is 5.17. The normalized spacial score (nSPS) is 15.2. The topological polar surface area (TPSA) is 140 Å². The molecule has 166 valence electrons. The molecule has 3 aromatic heterocycles.